The number of sulfonamides is 1. The van der Waals surface area contributed by atoms with Crippen molar-refractivity contribution >= 4 is 22.0 Å². The van der Waals surface area contributed by atoms with Crippen LogP contribution in [0.15, 0.2) is 30.3 Å². The second kappa shape index (κ2) is 11.3. The standard InChI is InChI=1S/C21H33N3O5S/c1-4-16(2)19(23-21(26)29-15-18-8-6-5-7-9-18)20(25)22-14-17-10-12-24(13-11-17)30(3,27)28/h5-9,16-17,19H,4,10-15H2,1-3H3,(H,22,25)(H,23,26)/t16-,19-/m0/s1. The number of alkyl carbamates (subject to hydrolysis) is 1. The van der Waals surface area contributed by atoms with Gasteiger partial charge >= 0.3 is 6.09 Å². The van der Waals surface area contributed by atoms with Crippen LogP contribution >= 0.6 is 0 Å². The maximum absolute atomic E-state index is 12.7. The molecule has 2 N–H and O–H groups in total. The maximum atomic E-state index is 12.7. The molecule has 9 heteroatoms. The number of benzene rings is 1. The van der Waals surface area contributed by atoms with E-state index in [9.17, 15) is 18.0 Å². The van der Waals surface area contributed by atoms with Gasteiger partial charge in [0.25, 0.3) is 0 Å². The van der Waals surface area contributed by atoms with Gasteiger partial charge in [0.1, 0.15) is 12.6 Å². The van der Waals surface area contributed by atoms with E-state index in [2.05, 4.69) is 10.6 Å². The Morgan fingerprint density at radius 2 is 1.83 bits per heavy atom. The summed E-state index contributed by atoms with van der Waals surface area (Å²) in [6.45, 7) is 5.41. The molecule has 1 saturated heterocycles. The highest BCUT2D eigenvalue weighted by Gasteiger charge is 2.29. The minimum atomic E-state index is -3.16. The van der Waals surface area contributed by atoms with Crippen LogP contribution in [-0.4, -0.2) is 56.7 Å². The summed E-state index contributed by atoms with van der Waals surface area (Å²) in [7, 11) is -3.16. The molecule has 1 aliphatic rings. The molecule has 0 bridgehead atoms. The summed E-state index contributed by atoms with van der Waals surface area (Å²) in [5.41, 5.74) is 0.873. The Hall–Kier alpha value is -2.13. The van der Waals surface area contributed by atoms with Gasteiger partial charge in [0.05, 0.1) is 6.26 Å². The van der Waals surface area contributed by atoms with Crippen molar-refractivity contribution in [1.82, 2.24) is 14.9 Å². The Balaban J connectivity index is 1.82. The van der Waals surface area contributed by atoms with Crippen molar-refractivity contribution in [3.05, 3.63) is 35.9 Å². The number of amides is 2. The first kappa shape index (κ1) is 24.1. The van der Waals surface area contributed by atoms with Crippen LogP contribution < -0.4 is 10.6 Å². The van der Waals surface area contributed by atoms with Gasteiger partial charge in [-0.3, -0.25) is 4.79 Å². The predicted octanol–water partition coefficient (Wildman–Crippen LogP) is 2.12. The smallest absolute Gasteiger partial charge is 0.408 e. The zero-order chi connectivity index (χ0) is 22.1. The van der Waals surface area contributed by atoms with Crippen molar-refractivity contribution in [1.29, 1.82) is 0 Å². The molecule has 1 aromatic carbocycles. The monoisotopic (exact) mass is 439 g/mol. The highest BCUT2D eigenvalue weighted by Crippen LogP contribution is 2.18. The first-order valence-electron chi connectivity index (χ1n) is 10.4. The maximum Gasteiger partial charge on any atom is 0.408 e. The number of hydrogen-bond acceptors (Lipinski definition) is 5. The Morgan fingerprint density at radius 1 is 1.20 bits per heavy atom. The predicted molar refractivity (Wildman–Crippen MR) is 115 cm³/mol. The third-order valence-electron chi connectivity index (χ3n) is 5.59. The molecule has 1 heterocycles. The van der Waals surface area contributed by atoms with E-state index in [-0.39, 0.29) is 24.3 Å². The molecule has 30 heavy (non-hydrogen) atoms. The average Bonchev–Trinajstić information content (AvgIpc) is 2.74. The first-order valence-corrected chi connectivity index (χ1v) is 12.3. The number of carbonyl (C=O) groups is 2. The van der Waals surface area contributed by atoms with Gasteiger partial charge < -0.3 is 15.4 Å². The van der Waals surface area contributed by atoms with Crippen molar-refractivity contribution in [2.24, 2.45) is 11.8 Å². The third kappa shape index (κ3) is 7.60. The normalized spacial score (nSPS) is 17.7. The number of rotatable bonds is 9. The summed E-state index contributed by atoms with van der Waals surface area (Å²) in [6.07, 6.45) is 2.72. The Morgan fingerprint density at radius 3 is 2.40 bits per heavy atom. The van der Waals surface area contributed by atoms with E-state index < -0.39 is 22.2 Å². The van der Waals surface area contributed by atoms with E-state index >= 15 is 0 Å². The second-order valence-corrected chi connectivity index (χ2v) is 9.90. The zero-order valence-corrected chi connectivity index (χ0v) is 18.8. The van der Waals surface area contributed by atoms with Gasteiger partial charge in [0, 0.05) is 19.6 Å². The zero-order valence-electron chi connectivity index (χ0n) is 18.0. The van der Waals surface area contributed by atoms with E-state index in [1.807, 2.05) is 44.2 Å². The largest absolute Gasteiger partial charge is 0.445 e. The quantitative estimate of drug-likeness (QED) is 0.613. The molecule has 1 aromatic rings. The fourth-order valence-electron chi connectivity index (χ4n) is 3.39. The fraction of sp³-hybridized carbons (Fsp3) is 0.619. The summed E-state index contributed by atoms with van der Waals surface area (Å²) in [6, 6.07) is 8.66. The number of carbonyl (C=O) groups excluding carboxylic acids is 2. The van der Waals surface area contributed by atoms with E-state index in [1.54, 1.807) is 0 Å². The highest BCUT2D eigenvalue weighted by molar-refractivity contribution is 7.88. The molecule has 2 atom stereocenters. The van der Waals surface area contributed by atoms with Crippen LogP contribution in [0, 0.1) is 11.8 Å². The third-order valence-corrected chi connectivity index (χ3v) is 6.89. The van der Waals surface area contributed by atoms with Crippen LogP contribution in [0.25, 0.3) is 0 Å². The Kier molecular flexibility index (Phi) is 9.10. The van der Waals surface area contributed by atoms with Crippen molar-refractivity contribution in [2.45, 2.75) is 45.8 Å². The summed E-state index contributed by atoms with van der Waals surface area (Å²) in [5, 5.41) is 5.61. The number of nitrogens with one attached hydrogen (secondary N) is 2. The van der Waals surface area contributed by atoms with Crippen molar-refractivity contribution in [2.75, 3.05) is 25.9 Å². The molecule has 0 saturated carbocycles. The second-order valence-electron chi connectivity index (χ2n) is 7.92. The molecule has 8 nitrogen and oxygen atoms in total. The number of hydrogen-bond donors (Lipinski definition) is 2. The van der Waals surface area contributed by atoms with Crippen LogP contribution in [0.2, 0.25) is 0 Å². The molecule has 2 rings (SSSR count). The van der Waals surface area contributed by atoms with Crippen molar-refractivity contribution in [3.8, 4) is 0 Å². The Bertz CT molecular complexity index is 792. The Labute approximate surface area is 179 Å². The van der Waals surface area contributed by atoms with E-state index in [1.165, 1.54) is 10.6 Å². The number of piperidine rings is 1. The molecule has 168 valence electrons. The van der Waals surface area contributed by atoms with Crippen LogP contribution in [0.5, 0.6) is 0 Å². The van der Waals surface area contributed by atoms with Crippen molar-refractivity contribution < 1.29 is 22.7 Å². The molecule has 0 unspecified atom stereocenters. The van der Waals surface area contributed by atoms with Gasteiger partial charge in [0.2, 0.25) is 15.9 Å². The van der Waals surface area contributed by atoms with E-state index in [4.69, 9.17) is 4.74 Å². The van der Waals surface area contributed by atoms with Gasteiger partial charge in [-0.15, -0.1) is 0 Å². The lowest BCUT2D eigenvalue weighted by Gasteiger charge is -2.31. The molecule has 0 aliphatic carbocycles. The highest BCUT2D eigenvalue weighted by atomic mass is 32.2. The lowest BCUT2D eigenvalue weighted by atomic mass is 9.96. The number of ether oxygens (including phenoxy) is 1. The summed E-state index contributed by atoms with van der Waals surface area (Å²) >= 11 is 0. The van der Waals surface area contributed by atoms with Crippen LogP contribution in [0.3, 0.4) is 0 Å². The van der Waals surface area contributed by atoms with Crippen LogP contribution in [0.4, 0.5) is 4.79 Å². The summed E-state index contributed by atoms with van der Waals surface area (Å²) in [5.74, 6) is -0.0810. The molecule has 2 amide bonds. The van der Waals surface area contributed by atoms with Gasteiger partial charge in [-0.1, -0.05) is 50.6 Å². The SMILES string of the molecule is CC[C@H](C)[C@H](NC(=O)OCc1ccccc1)C(=O)NCC1CCN(S(C)(=O)=O)CC1. The number of nitrogens with zero attached hydrogens (tertiary/aromatic N) is 1. The van der Waals surface area contributed by atoms with E-state index in [0.29, 0.717) is 32.5 Å². The first-order chi connectivity index (χ1) is 14.2. The average molecular weight is 440 g/mol. The molecule has 0 radical (unpaired) electrons. The molecule has 0 spiro atoms. The van der Waals surface area contributed by atoms with Gasteiger partial charge in [-0.05, 0) is 30.2 Å². The fourth-order valence-corrected chi connectivity index (χ4v) is 4.27. The molecule has 0 aromatic heterocycles. The minimum absolute atomic E-state index is 0.0543. The lowest BCUT2D eigenvalue weighted by Crippen LogP contribution is -2.51. The summed E-state index contributed by atoms with van der Waals surface area (Å²) in [4.78, 5) is 24.9. The molecular formula is C21H33N3O5S. The van der Waals surface area contributed by atoms with Gasteiger partial charge in [-0.25, -0.2) is 17.5 Å². The molecule has 1 fully saturated rings. The minimum Gasteiger partial charge on any atom is -0.445 e. The van der Waals surface area contributed by atoms with Crippen LogP contribution in [-0.2, 0) is 26.2 Å². The van der Waals surface area contributed by atoms with E-state index in [0.717, 1.165) is 12.0 Å². The topological polar surface area (TPSA) is 105 Å². The van der Waals surface area contributed by atoms with Crippen LogP contribution in [0.1, 0.15) is 38.7 Å². The molecule has 1 aliphatic heterocycles. The molecular weight excluding hydrogens is 406 g/mol. The lowest BCUT2D eigenvalue weighted by molar-refractivity contribution is -0.124. The summed E-state index contributed by atoms with van der Waals surface area (Å²) < 4.78 is 29.9. The van der Waals surface area contributed by atoms with Crippen molar-refractivity contribution in [3.63, 3.8) is 0 Å². The van der Waals surface area contributed by atoms with Gasteiger partial charge in [0.15, 0.2) is 0 Å². The van der Waals surface area contributed by atoms with Gasteiger partial charge in [-0.2, -0.15) is 0 Å².